The Bertz CT molecular complexity index is 688. The predicted molar refractivity (Wildman–Crippen MR) is 78.5 cm³/mol. The molecule has 7 heteroatoms. The lowest BCUT2D eigenvalue weighted by Crippen LogP contribution is -2.25. The van der Waals surface area contributed by atoms with E-state index >= 15 is 0 Å². The summed E-state index contributed by atoms with van der Waals surface area (Å²) in [5.41, 5.74) is 10.2. The highest BCUT2D eigenvalue weighted by atomic mass is 16.2. The van der Waals surface area contributed by atoms with E-state index in [-0.39, 0.29) is 11.8 Å². The summed E-state index contributed by atoms with van der Waals surface area (Å²) in [4.78, 5) is 23.8. The van der Waals surface area contributed by atoms with Crippen molar-refractivity contribution in [3.05, 3.63) is 47.0 Å². The number of nitrogens with one attached hydrogen (secondary N) is 1. The molecule has 1 amide bonds. The van der Waals surface area contributed by atoms with Crippen molar-refractivity contribution in [2.24, 2.45) is 11.0 Å². The van der Waals surface area contributed by atoms with Crippen molar-refractivity contribution in [3.8, 4) is 11.3 Å². The van der Waals surface area contributed by atoms with Crippen molar-refractivity contribution in [3.63, 3.8) is 0 Å². The van der Waals surface area contributed by atoms with Crippen LogP contribution < -0.4 is 4.90 Å². The van der Waals surface area contributed by atoms with E-state index in [1.54, 1.807) is 11.1 Å². The molecule has 1 N–H and O–H groups in total. The van der Waals surface area contributed by atoms with Crippen LogP contribution in [0.3, 0.4) is 0 Å². The normalized spacial score (nSPS) is 17.8. The second kappa shape index (κ2) is 5.68. The third-order valence-corrected chi connectivity index (χ3v) is 3.51. The molecular weight excluding hydrogens is 268 g/mol. The lowest BCUT2D eigenvalue weighted by Gasteiger charge is -2.12. The summed E-state index contributed by atoms with van der Waals surface area (Å²) >= 11 is 0. The number of imidazole rings is 1. The number of anilines is 1. The van der Waals surface area contributed by atoms with Gasteiger partial charge in [-0.25, -0.2) is 4.98 Å². The van der Waals surface area contributed by atoms with Crippen molar-refractivity contribution >= 4 is 11.9 Å². The quantitative estimate of drug-likeness (QED) is 0.530. The van der Waals surface area contributed by atoms with Gasteiger partial charge in [-0.1, -0.05) is 35.4 Å². The molecule has 0 aliphatic carbocycles. The Labute approximate surface area is 121 Å². The van der Waals surface area contributed by atoms with Gasteiger partial charge in [0.1, 0.15) is 0 Å². The Balaban J connectivity index is 1.77. The van der Waals surface area contributed by atoms with Gasteiger partial charge in [0, 0.05) is 24.4 Å². The summed E-state index contributed by atoms with van der Waals surface area (Å²) in [6.45, 7) is 0.866. The van der Waals surface area contributed by atoms with Crippen molar-refractivity contribution in [2.45, 2.75) is 6.42 Å². The highest BCUT2D eigenvalue weighted by Gasteiger charge is 2.31. The Hall–Kier alpha value is -2.79. The zero-order valence-corrected chi connectivity index (χ0v) is 11.3. The van der Waals surface area contributed by atoms with Crippen LogP contribution in [0.1, 0.15) is 6.42 Å². The second-order valence-electron chi connectivity index (χ2n) is 4.97. The third kappa shape index (κ3) is 2.73. The van der Waals surface area contributed by atoms with Crippen LogP contribution in [0.25, 0.3) is 21.7 Å². The lowest BCUT2D eigenvalue weighted by atomic mass is 10.1. The van der Waals surface area contributed by atoms with E-state index in [2.05, 4.69) is 20.0 Å². The summed E-state index contributed by atoms with van der Waals surface area (Å²) in [7, 11) is 0. The Morgan fingerprint density at radius 1 is 1.43 bits per heavy atom. The molecule has 1 aromatic carbocycles. The molecular formula is C14H14N6O. The molecule has 1 fully saturated rings. The standard InChI is InChI=1S/C14H14N6O/c15-19-17-7-10-6-13(21)20(9-10)14-16-8-12(18-14)11-4-2-1-3-5-11/h1-5,8,10H,6-7,9H2,(H,16,18). The molecule has 106 valence electrons. The SMILES string of the molecule is [N-]=[N+]=NCC1CC(=O)N(c2ncc(-c3ccccc3)[nH]2)C1. The number of rotatable bonds is 4. The monoisotopic (exact) mass is 282 g/mol. The molecule has 3 rings (SSSR count). The van der Waals surface area contributed by atoms with Gasteiger partial charge in [-0.05, 0) is 17.0 Å². The van der Waals surface area contributed by atoms with E-state index in [1.165, 1.54) is 0 Å². The van der Waals surface area contributed by atoms with Crippen LogP contribution >= 0.6 is 0 Å². The second-order valence-corrected chi connectivity index (χ2v) is 4.97. The number of benzene rings is 1. The number of amides is 1. The fourth-order valence-corrected chi connectivity index (χ4v) is 2.47. The van der Waals surface area contributed by atoms with Crippen LogP contribution in [0.4, 0.5) is 5.95 Å². The molecule has 1 saturated heterocycles. The van der Waals surface area contributed by atoms with Crippen molar-refractivity contribution < 1.29 is 4.79 Å². The maximum absolute atomic E-state index is 12.0. The molecule has 0 radical (unpaired) electrons. The summed E-state index contributed by atoms with van der Waals surface area (Å²) in [5, 5.41) is 3.54. The zero-order chi connectivity index (χ0) is 14.7. The molecule has 1 atom stereocenters. The number of aromatic amines is 1. The highest BCUT2D eigenvalue weighted by Crippen LogP contribution is 2.25. The van der Waals surface area contributed by atoms with E-state index in [0.29, 0.717) is 25.5 Å². The van der Waals surface area contributed by atoms with Crippen LogP contribution in [0, 0.1) is 5.92 Å². The van der Waals surface area contributed by atoms with Crippen molar-refractivity contribution in [1.82, 2.24) is 9.97 Å². The highest BCUT2D eigenvalue weighted by molar-refractivity contribution is 5.94. The first-order valence-corrected chi connectivity index (χ1v) is 6.69. The number of H-pyrrole nitrogens is 1. The van der Waals surface area contributed by atoms with Crippen molar-refractivity contribution in [1.29, 1.82) is 0 Å². The Morgan fingerprint density at radius 2 is 2.24 bits per heavy atom. The van der Waals surface area contributed by atoms with Gasteiger partial charge in [-0.3, -0.25) is 9.69 Å². The molecule has 2 heterocycles. The van der Waals surface area contributed by atoms with Gasteiger partial charge >= 0.3 is 0 Å². The minimum Gasteiger partial charge on any atom is -0.324 e. The maximum atomic E-state index is 12.0. The van der Waals surface area contributed by atoms with Gasteiger partial charge in [-0.2, -0.15) is 0 Å². The van der Waals surface area contributed by atoms with E-state index in [4.69, 9.17) is 5.53 Å². The van der Waals surface area contributed by atoms with Gasteiger partial charge in [0.25, 0.3) is 0 Å². The van der Waals surface area contributed by atoms with E-state index in [0.717, 1.165) is 11.3 Å². The van der Waals surface area contributed by atoms with Gasteiger partial charge in [0.15, 0.2) is 0 Å². The van der Waals surface area contributed by atoms with Crippen LogP contribution in [0.2, 0.25) is 0 Å². The summed E-state index contributed by atoms with van der Waals surface area (Å²) in [5.74, 6) is 0.600. The molecule has 0 spiro atoms. The number of nitrogens with zero attached hydrogens (tertiary/aromatic N) is 5. The van der Waals surface area contributed by atoms with Crippen LogP contribution in [-0.2, 0) is 4.79 Å². The zero-order valence-electron chi connectivity index (χ0n) is 11.3. The fourth-order valence-electron chi connectivity index (χ4n) is 2.47. The smallest absolute Gasteiger partial charge is 0.229 e. The van der Waals surface area contributed by atoms with E-state index in [1.807, 2.05) is 30.3 Å². The van der Waals surface area contributed by atoms with E-state index in [9.17, 15) is 4.79 Å². The van der Waals surface area contributed by atoms with Crippen molar-refractivity contribution in [2.75, 3.05) is 18.0 Å². The van der Waals surface area contributed by atoms with E-state index < -0.39 is 0 Å². The van der Waals surface area contributed by atoms with Gasteiger partial charge < -0.3 is 4.98 Å². The number of carbonyl (C=O) groups is 1. The first-order chi connectivity index (χ1) is 10.3. The van der Waals surface area contributed by atoms with Gasteiger partial charge in [0.2, 0.25) is 11.9 Å². The predicted octanol–water partition coefficient (Wildman–Crippen LogP) is 2.74. The fraction of sp³-hybridized carbons (Fsp3) is 0.286. The van der Waals surface area contributed by atoms with Gasteiger partial charge in [0.05, 0.1) is 11.9 Å². The lowest BCUT2D eigenvalue weighted by molar-refractivity contribution is -0.117. The van der Waals surface area contributed by atoms with Crippen LogP contribution in [0.5, 0.6) is 0 Å². The minimum atomic E-state index is 0.00195. The van der Waals surface area contributed by atoms with Gasteiger partial charge in [-0.15, -0.1) is 0 Å². The number of carbonyl (C=O) groups excluding carboxylic acids is 1. The largest absolute Gasteiger partial charge is 0.324 e. The Kier molecular flexibility index (Phi) is 3.57. The number of hydrogen-bond acceptors (Lipinski definition) is 3. The molecule has 1 unspecified atom stereocenters. The molecule has 21 heavy (non-hydrogen) atoms. The van der Waals surface area contributed by atoms with Crippen LogP contribution in [-0.4, -0.2) is 29.0 Å². The number of azide groups is 1. The maximum Gasteiger partial charge on any atom is 0.229 e. The molecule has 1 aliphatic heterocycles. The first kappa shape index (κ1) is 13.2. The van der Waals surface area contributed by atoms with Crippen LogP contribution in [0.15, 0.2) is 41.6 Å². The third-order valence-electron chi connectivity index (χ3n) is 3.51. The molecule has 1 aliphatic rings. The minimum absolute atomic E-state index is 0.00195. The summed E-state index contributed by atoms with van der Waals surface area (Å²) in [6, 6.07) is 9.81. The molecule has 0 saturated carbocycles. The molecule has 7 nitrogen and oxygen atoms in total. The Morgan fingerprint density at radius 3 is 3.00 bits per heavy atom. The summed E-state index contributed by atoms with van der Waals surface area (Å²) < 4.78 is 0. The number of aromatic nitrogens is 2. The topological polar surface area (TPSA) is 97.8 Å². The average molecular weight is 282 g/mol. The molecule has 2 aromatic rings. The number of hydrogen-bond donors (Lipinski definition) is 1. The molecule has 1 aromatic heterocycles. The average Bonchev–Trinajstić information content (AvgIpc) is 3.12. The summed E-state index contributed by atoms with van der Waals surface area (Å²) in [6.07, 6.45) is 2.11. The molecule has 0 bridgehead atoms. The first-order valence-electron chi connectivity index (χ1n) is 6.69.